The van der Waals surface area contributed by atoms with Gasteiger partial charge in [0.2, 0.25) is 0 Å². The number of carbonyl (C=O) groups excluding carboxylic acids is 3. The molecular formula is C13H16N4O3. The van der Waals surface area contributed by atoms with Crippen molar-refractivity contribution in [1.29, 1.82) is 0 Å². The highest BCUT2D eigenvalue weighted by molar-refractivity contribution is 6.08. The number of nitrogens with one attached hydrogen (secondary N) is 2. The molecule has 20 heavy (non-hydrogen) atoms. The number of carbonyl (C=O) groups is 3. The molecule has 0 saturated carbocycles. The Balaban J connectivity index is 1.79. The van der Waals surface area contributed by atoms with Crippen LogP contribution in [0.1, 0.15) is 23.8 Å². The lowest BCUT2D eigenvalue weighted by Crippen LogP contribution is -2.49. The van der Waals surface area contributed by atoms with Gasteiger partial charge >= 0.3 is 6.03 Å². The maximum absolute atomic E-state index is 12.5. The fourth-order valence-electron chi connectivity index (χ4n) is 2.84. The van der Waals surface area contributed by atoms with Crippen LogP contribution in [0.2, 0.25) is 0 Å². The van der Waals surface area contributed by atoms with Gasteiger partial charge in [-0.25, -0.2) is 4.79 Å². The van der Waals surface area contributed by atoms with Crippen molar-refractivity contribution in [3.8, 4) is 0 Å². The molecule has 0 bridgehead atoms. The molecule has 1 aromatic heterocycles. The topological polar surface area (TPSA) is 83.4 Å². The summed E-state index contributed by atoms with van der Waals surface area (Å²) in [5.74, 6) is -0.452. The van der Waals surface area contributed by atoms with Crippen molar-refractivity contribution in [1.82, 2.24) is 20.1 Å². The summed E-state index contributed by atoms with van der Waals surface area (Å²) >= 11 is 0. The first-order valence-electron chi connectivity index (χ1n) is 6.64. The number of likely N-dealkylation sites (tertiary alicyclic amines) is 1. The lowest BCUT2D eigenvalue weighted by atomic mass is 10.00. The van der Waals surface area contributed by atoms with Crippen molar-refractivity contribution in [2.45, 2.75) is 25.4 Å². The van der Waals surface area contributed by atoms with Gasteiger partial charge in [0.1, 0.15) is 11.2 Å². The molecule has 2 aliphatic rings. The molecule has 1 atom stereocenters. The Morgan fingerprint density at radius 2 is 2.25 bits per heavy atom. The summed E-state index contributed by atoms with van der Waals surface area (Å²) in [7, 11) is 0. The Bertz CT molecular complexity index is 594. The highest BCUT2D eigenvalue weighted by Crippen LogP contribution is 2.26. The first-order chi connectivity index (χ1) is 9.55. The van der Waals surface area contributed by atoms with Gasteiger partial charge in [-0.15, -0.1) is 0 Å². The summed E-state index contributed by atoms with van der Waals surface area (Å²) in [6.45, 7) is 3.36. The van der Waals surface area contributed by atoms with Gasteiger partial charge in [0.05, 0.1) is 6.54 Å². The van der Waals surface area contributed by atoms with Crippen LogP contribution in [0.3, 0.4) is 0 Å². The second-order valence-corrected chi connectivity index (χ2v) is 5.15. The molecule has 4 amide bonds. The molecule has 1 spiro atoms. The van der Waals surface area contributed by atoms with Crippen LogP contribution in [0.25, 0.3) is 0 Å². The van der Waals surface area contributed by atoms with E-state index in [9.17, 15) is 14.4 Å². The Morgan fingerprint density at radius 3 is 2.90 bits per heavy atom. The highest BCUT2D eigenvalue weighted by Gasteiger charge is 2.51. The third-order valence-electron chi connectivity index (χ3n) is 3.96. The van der Waals surface area contributed by atoms with E-state index in [0.29, 0.717) is 25.2 Å². The predicted octanol–water partition coefficient (Wildman–Crippen LogP) is -0.0679. The van der Waals surface area contributed by atoms with Crippen molar-refractivity contribution >= 4 is 17.8 Å². The molecule has 1 unspecified atom stereocenters. The fourth-order valence-corrected chi connectivity index (χ4v) is 2.84. The van der Waals surface area contributed by atoms with Crippen LogP contribution in [0.5, 0.6) is 0 Å². The molecule has 7 nitrogen and oxygen atoms in total. The molecule has 1 aromatic rings. The molecule has 2 saturated heterocycles. The first kappa shape index (κ1) is 12.7. The number of rotatable bonds is 2. The van der Waals surface area contributed by atoms with Gasteiger partial charge in [0, 0.05) is 19.3 Å². The monoisotopic (exact) mass is 276 g/mol. The van der Waals surface area contributed by atoms with Gasteiger partial charge in [0.25, 0.3) is 11.8 Å². The Morgan fingerprint density at radius 1 is 1.45 bits per heavy atom. The molecule has 2 N–H and O–H groups in total. The van der Waals surface area contributed by atoms with E-state index in [0.717, 1.165) is 0 Å². The molecule has 3 heterocycles. The van der Waals surface area contributed by atoms with Crippen LogP contribution in [0.15, 0.2) is 18.3 Å². The van der Waals surface area contributed by atoms with Gasteiger partial charge < -0.3 is 14.8 Å². The number of imide groups is 1. The van der Waals surface area contributed by atoms with Crippen LogP contribution in [-0.4, -0.2) is 45.9 Å². The summed E-state index contributed by atoms with van der Waals surface area (Å²) in [4.78, 5) is 37.2. The number of aromatic nitrogens is 1. The van der Waals surface area contributed by atoms with E-state index in [1.807, 2.05) is 23.8 Å². The lowest BCUT2D eigenvalue weighted by Gasteiger charge is -2.21. The summed E-state index contributed by atoms with van der Waals surface area (Å²) in [6, 6.07) is 3.11. The summed E-state index contributed by atoms with van der Waals surface area (Å²) < 4.78 is 1.86. The molecule has 0 aliphatic carbocycles. The van der Waals surface area contributed by atoms with Gasteiger partial charge in [0.15, 0.2) is 0 Å². The first-order valence-corrected chi connectivity index (χ1v) is 6.64. The molecule has 2 aliphatic heterocycles. The number of amides is 4. The number of urea groups is 1. The number of nitrogens with zero attached hydrogens (tertiary/aromatic N) is 2. The molecule has 106 valence electrons. The van der Waals surface area contributed by atoms with Crippen LogP contribution in [0.4, 0.5) is 4.79 Å². The van der Waals surface area contributed by atoms with Crippen LogP contribution in [-0.2, 0) is 11.3 Å². The van der Waals surface area contributed by atoms with Crippen molar-refractivity contribution in [2.24, 2.45) is 0 Å². The average Bonchev–Trinajstić information content (AvgIpc) is 3.09. The third-order valence-corrected chi connectivity index (χ3v) is 3.96. The summed E-state index contributed by atoms with van der Waals surface area (Å²) in [5, 5.41) is 4.87. The maximum Gasteiger partial charge on any atom is 0.322 e. The summed E-state index contributed by atoms with van der Waals surface area (Å²) in [5.41, 5.74) is -0.342. The van der Waals surface area contributed by atoms with Crippen LogP contribution in [0, 0.1) is 0 Å². The lowest BCUT2D eigenvalue weighted by molar-refractivity contribution is -0.123. The van der Waals surface area contributed by atoms with Gasteiger partial charge in [-0.2, -0.15) is 0 Å². The zero-order valence-electron chi connectivity index (χ0n) is 11.2. The molecule has 2 fully saturated rings. The largest absolute Gasteiger partial charge is 0.344 e. The second-order valence-electron chi connectivity index (χ2n) is 5.15. The van der Waals surface area contributed by atoms with Crippen molar-refractivity contribution in [3.63, 3.8) is 0 Å². The van der Waals surface area contributed by atoms with E-state index >= 15 is 0 Å². The summed E-state index contributed by atoms with van der Waals surface area (Å²) in [6.07, 6.45) is 2.30. The van der Waals surface area contributed by atoms with E-state index in [4.69, 9.17) is 0 Å². The van der Waals surface area contributed by atoms with Crippen LogP contribution >= 0.6 is 0 Å². The molecule has 0 aromatic carbocycles. The van der Waals surface area contributed by atoms with E-state index in [2.05, 4.69) is 10.6 Å². The zero-order chi connectivity index (χ0) is 14.3. The molecule has 7 heteroatoms. The van der Waals surface area contributed by atoms with Gasteiger partial charge in [-0.05, 0) is 25.5 Å². The van der Waals surface area contributed by atoms with Crippen molar-refractivity contribution < 1.29 is 14.4 Å². The number of hydrogen-bond donors (Lipinski definition) is 2. The predicted molar refractivity (Wildman–Crippen MR) is 70.0 cm³/mol. The van der Waals surface area contributed by atoms with Gasteiger partial charge in [-0.1, -0.05) is 0 Å². The minimum absolute atomic E-state index is 0.109. The van der Waals surface area contributed by atoms with E-state index < -0.39 is 11.6 Å². The van der Waals surface area contributed by atoms with E-state index in [1.165, 1.54) is 0 Å². The van der Waals surface area contributed by atoms with Crippen LogP contribution < -0.4 is 10.6 Å². The standard InChI is InChI=1S/C13H16N4O3/c1-2-16-6-3-4-9(16)10(18)17-7-5-13(8-17)11(19)14-12(20)15-13/h3-4,6H,2,5,7-8H2,1H3,(H2,14,15,19,20). The Kier molecular flexibility index (Phi) is 2.77. The fraction of sp³-hybridized carbons (Fsp3) is 0.462. The Labute approximate surface area is 115 Å². The zero-order valence-corrected chi connectivity index (χ0v) is 11.2. The molecule has 0 radical (unpaired) electrons. The van der Waals surface area contributed by atoms with E-state index in [1.54, 1.807) is 11.0 Å². The Hall–Kier alpha value is -2.31. The van der Waals surface area contributed by atoms with Crippen molar-refractivity contribution in [3.05, 3.63) is 24.0 Å². The third kappa shape index (κ3) is 1.77. The van der Waals surface area contributed by atoms with E-state index in [-0.39, 0.29) is 18.4 Å². The highest BCUT2D eigenvalue weighted by atomic mass is 16.2. The SMILES string of the molecule is CCn1cccc1C(=O)N1CCC2(C1)NC(=O)NC2=O. The molecule has 3 rings (SSSR count). The second kappa shape index (κ2) is 4.36. The minimum Gasteiger partial charge on any atom is -0.344 e. The quantitative estimate of drug-likeness (QED) is 0.742. The maximum atomic E-state index is 12.5. The number of hydrogen-bond acceptors (Lipinski definition) is 3. The minimum atomic E-state index is -0.948. The number of aryl methyl sites for hydroxylation is 1. The molecular weight excluding hydrogens is 260 g/mol. The van der Waals surface area contributed by atoms with Crippen molar-refractivity contribution in [2.75, 3.05) is 13.1 Å². The normalized spacial score (nSPS) is 25.1. The smallest absolute Gasteiger partial charge is 0.322 e. The average molecular weight is 276 g/mol. The van der Waals surface area contributed by atoms with Gasteiger partial charge in [-0.3, -0.25) is 14.9 Å².